The van der Waals surface area contributed by atoms with Gasteiger partial charge in [-0.1, -0.05) is 19.8 Å². The number of hydrogen-bond donors (Lipinski definition) is 1. The Morgan fingerprint density at radius 1 is 1.18 bits per heavy atom. The highest BCUT2D eigenvalue weighted by molar-refractivity contribution is 5.77. The molecule has 0 heterocycles. The second-order valence-electron chi connectivity index (χ2n) is 4.78. The Hall–Kier alpha value is -1.26. The molecule has 0 aliphatic heterocycles. The van der Waals surface area contributed by atoms with Crippen molar-refractivity contribution in [3.63, 3.8) is 0 Å². The van der Waals surface area contributed by atoms with E-state index < -0.39 is 17.7 Å². The second-order valence-corrected chi connectivity index (χ2v) is 4.78. The molecule has 0 rings (SSSR count). The molecule has 5 heteroatoms. The monoisotopic (exact) mass is 245 g/mol. The number of carbonyl (C=O) groups excluding carboxylic acids is 2. The molecular formula is C12H23NO4. The summed E-state index contributed by atoms with van der Waals surface area (Å²) in [5.41, 5.74) is -0.560. The van der Waals surface area contributed by atoms with E-state index in [4.69, 9.17) is 9.47 Å². The molecule has 0 fully saturated rings. The summed E-state index contributed by atoms with van der Waals surface area (Å²) in [6.07, 6.45) is 2.36. The van der Waals surface area contributed by atoms with Gasteiger partial charge < -0.3 is 14.8 Å². The lowest BCUT2D eigenvalue weighted by molar-refractivity contribution is -0.142. The van der Waals surface area contributed by atoms with E-state index >= 15 is 0 Å². The van der Waals surface area contributed by atoms with E-state index in [1.807, 2.05) is 0 Å². The summed E-state index contributed by atoms with van der Waals surface area (Å²) in [4.78, 5) is 22.4. The average molecular weight is 245 g/mol. The fourth-order valence-corrected chi connectivity index (χ4v) is 1.05. The van der Waals surface area contributed by atoms with Crippen molar-refractivity contribution in [2.24, 2.45) is 0 Å². The Kier molecular flexibility index (Phi) is 7.34. The smallest absolute Gasteiger partial charge is 0.408 e. The van der Waals surface area contributed by atoms with Gasteiger partial charge in [-0.3, -0.25) is 4.79 Å². The molecule has 1 N–H and O–H groups in total. The van der Waals surface area contributed by atoms with Crippen molar-refractivity contribution in [1.29, 1.82) is 0 Å². The molecule has 0 saturated carbocycles. The van der Waals surface area contributed by atoms with Crippen LogP contribution in [0.1, 0.15) is 47.0 Å². The standard InChI is InChI=1S/C12H23NO4/c1-5-6-7-8-16-10(14)9-13-11(15)17-12(2,3)4/h5-9H2,1-4H3,(H,13,15). The number of ether oxygens (including phenoxy) is 2. The predicted molar refractivity (Wildman–Crippen MR) is 64.7 cm³/mol. The van der Waals surface area contributed by atoms with Crippen LogP contribution in [0.3, 0.4) is 0 Å². The van der Waals surface area contributed by atoms with Gasteiger partial charge in [-0.25, -0.2) is 4.79 Å². The average Bonchev–Trinajstić information content (AvgIpc) is 2.19. The van der Waals surface area contributed by atoms with Crippen molar-refractivity contribution < 1.29 is 19.1 Å². The van der Waals surface area contributed by atoms with Crippen LogP contribution in [0.2, 0.25) is 0 Å². The van der Waals surface area contributed by atoms with Gasteiger partial charge in [0.25, 0.3) is 0 Å². The molecule has 100 valence electrons. The zero-order chi connectivity index (χ0) is 13.3. The number of amides is 1. The van der Waals surface area contributed by atoms with Crippen LogP contribution in [0.4, 0.5) is 4.79 Å². The van der Waals surface area contributed by atoms with Crippen LogP contribution in [0.15, 0.2) is 0 Å². The summed E-state index contributed by atoms with van der Waals surface area (Å²) < 4.78 is 9.89. The van der Waals surface area contributed by atoms with Crippen LogP contribution < -0.4 is 5.32 Å². The minimum atomic E-state index is -0.608. The van der Waals surface area contributed by atoms with Gasteiger partial charge in [-0.05, 0) is 27.2 Å². The zero-order valence-corrected chi connectivity index (χ0v) is 11.2. The first-order valence-electron chi connectivity index (χ1n) is 5.97. The highest BCUT2D eigenvalue weighted by Gasteiger charge is 2.16. The number of alkyl carbamates (subject to hydrolysis) is 1. The molecule has 5 nitrogen and oxygen atoms in total. The molecule has 0 atom stereocenters. The third-order valence-corrected chi connectivity index (χ3v) is 1.79. The lowest BCUT2D eigenvalue weighted by Crippen LogP contribution is -2.36. The number of esters is 1. The zero-order valence-electron chi connectivity index (χ0n) is 11.2. The molecule has 0 radical (unpaired) electrons. The van der Waals surface area contributed by atoms with Gasteiger partial charge in [0.2, 0.25) is 0 Å². The quantitative estimate of drug-likeness (QED) is 0.575. The van der Waals surface area contributed by atoms with E-state index in [-0.39, 0.29) is 6.54 Å². The lowest BCUT2D eigenvalue weighted by atomic mass is 10.2. The van der Waals surface area contributed by atoms with Gasteiger partial charge in [0, 0.05) is 0 Å². The topological polar surface area (TPSA) is 64.6 Å². The fraction of sp³-hybridized carbons (Fsp3) is 0.833. The first-order valence-corrected chi connectivity index (χ1v) is 5.97. The molecular weight excluding hydrogens is 222 g/mol. The van der Waals surface area contributed by atoms with E-state index in [1.165, 1.54) is 0 Å². The van der Waals surface area contributed by atoms with Crippen LogP contribution in [0, 0.1) is 0 Å². The molecule has 1 amide bonds. The van der Waals surface area contributed by atoms with Gasteiger partial charge in [0.1, 0.15) is 12.1 Å². The van der Waals surface area contributed by atoms with Crippen molar-refractivity contribution in [1.82, 2.24) is 5.32 Å². The minimum absolute atomic E-state index is 0.152. The summed E-state index contributed by atoms with van der Waals surface area (Å²) in [7, 11) is 0. The second kappa shape index (κ2) is 7.92. The maximum absolute atomic E-state index is 11.2. The number of nitrogens with one attached hydrogen (secondary N) is 1. The number of rotatable bonds is 6. The molecule has 0 unspecified atom stereocenters. The summed E-state index contributed by atoms with van der Waals surface area (Å²) in [5, 5.41) is 2.34. The number of unbranched alkanes of at least 4 members (excludes halogenated alkanes) is 2. The highest BCUT2D eigenvalue weighted by Crippen LogP contribution is 2.06. The van der Waals surface area contributed by atoms with Crippen LogP contribution in [-0.2, 0) is 14.3 Å². The summed E-state index contributed by atoms with van der Waals surface area (Å²) in [6.45, 7) is 7.61. The SMILES string of the molecule is CCCCCOC(=O)CNC(=O)OC(C)(C)C. The van der Waals surface area contributed by atoms with E-state index in [9.17, 15) is 9.59 Å². The largest absolute Gasteiger partial charge is 0.464 e. The summed E-state index contributed by atoms with van der Waals surface area (Å²) >= 11 is 0. The molecule has 0 bridgehead atoms. The maximum Gasteiger partial charge on any atom is 0.408 e. The van der Waals surface area contributed by atoms with E-state index in [1.54, 1.807) is 20.8 Å². The first kappa shape index (κ1) is 15.7. The molecule has 0 aromatic rings. The van der Waals surface area contributed by atoms with Crippen molar-refractivity contribution >= 4 is 12.1 Å². The minimum Gasteiger partial charge on any atom is -0.464 e. The summed E-state index contributed by atoms with van der Waals surface area (Å²) in [6, 6.07) is 0. The van der Waals surface area contributed by atoms with Gasteiger partial charge in [-0.15, -0.1) is 0 Å². The highest BCUT2D eigenvalue weighted by atomic mass is 16.6. The maximum atomic E-state index is 11.2. The summed E-state index contributed by atoms with van der Waals surface area (Å²) in [5.74, 6) is -0.438. The molecule has 0 spiro atoms. The van der Waals surface area contributed by atoms with Gasteiger partial charge in [-0.2, -0.15) is 0 Å². The molecule has 0 aliphatic carbocycles. The Morgan fingerprint density at radius 2 is 1.82 bits per heavy atom. The van der Waals surface area contributed by atoms with Crippen molar-refractivity contribution in [3.8, 4) is 0 Å². The Bertz CT molecular complexity index is 245. The number of carbonyl (C=O) groups is 2. The van der Waals surface area contributed by atoms with E-state index in [0.717, 1.165) is 19.3 Å². The van der Waals surface area contributed by atoms with Crippen molar-refractivity contribution in [2.45, 2.75) is 52.6 Å². The molecule has 0 aromatic heterocycles. The predicted octanol–water partition coefficient (Wildman–Crippen LogP) is 2.24. The van der Waals surface area contributed by atoms with Crippen LogP contribution in [-0.4, -0.2) is 30.8 Å². The van der Waals surface area contributed by atoms with E-state index in [2.05, 4.69) is 12.2 Å². The third kappa shape index (κ3) is 11.0. The van der Waals surface area contributed by atoms with Crippen molar-refractivity contribution in [3.05, 3.63) is 0 Å². The lowest BCUT2D eigenvalue weighted by Gasteiger charge is -2.19. The third-order valence-electron chi connectivity index (χ3n) is 1.79. The molecule has 17 heavy (non-hydrogen) atoms. The van der Waals surface area contributed by atoms with Crippen LogP contribution in [0.25, 0.3) is 0 Å². The fourth-order valence-electron chi connectivity index (χ4n) is 1.05. The Morgan fingerprint density at radius 3 is 2.35 bits per heavy atom. The molecule has 0 aromatic carbocycles. The Labute approximate surface area is 103 Å². The Balaban J connectivity index is 3.59. The van der Waals surface area contributed by atoms with Crippen molar-refractivity contribution in [2.75, 3.05) is 13.2 Å². The van der Waals surface area contributed by atoms with Gasteiger partial charge >= 0.3 is 12.1 Å². The van der Waals surface area contributed by atoms with Gasteiger partial charge in [0.05, 0.1) is 6.61 Å². The number of hydrogen-bond acceptors (Lipinski definition) is 4. The van der Waals surface area contributed by atoms with Gasteiger partial charge in [0.15, 0.2) is 0 Å². The molecule has 0 saturated heterocycles. The molecule has 0 aliphatic rings. The normalized spacial score (nSPS) is 10.8. The van der Waals surface area contributed by atoms with Crippen LogP contribution in [0.5, 0.6) is 0 Å². The first-order chi connectivity index (χ1) is 7.85. The van der Waals surface area contributed by atoms with E-state index in [0.29, 0.717) is 6.61 Å². The van der Waals surface area contributed by atoms with Crippen LogP contribution >= 0.6 is 0 Å².